The van der Waals surface area contributed by atoms with E-state index in [4.69, 9.17) is 15.0 Å². The lowest BCUT2D eigenvalue weighted by Gasteiger charge is -2.33. The number of benzene rings is 13. The van der Waals surface area contributed by atoms with Crippen LogP contribution in [0.2, 0.25) is 0 Å². The smallest absolute Gasteiger partial charge is 0.0986 e. The topological polar surface area (TPSA) is 57.7 Å². The van der Waals surface area contributed by atoms with Gasteiger partial charge in [-0.3, -0.25) is 0 Å². The molecule has 1 N–H and O–H groups in total. The molecule has 16 aromatic rings. The predicted octanol–water partition coefficient (Wildman–Crippen LogP) is 19.1. The summed E-state index contributed by atoms with van der Waals surface area (Å²) < 4.78 is 0. The third-order valence-corrected chi connectivity index (χ3v) is 17.3. The number of pyridine rings is 1. The molecule has 0 unspecified atom stereocenters. The van der Waals surface area contributed by atoms with Gasteiger partial charge in [0.2, 0.25) is 0 Å². The molecule has 2 aliphatic rings. The van der Waals surface area contributed by atoms with Gasteiger partial charge in [-0.2, -0.15) is 0 Å². The quantitative estimate of drug-likeness (QED) is 0.142. The summed E-state index contributed by atoms with van der Waals surface area (Å²) in [6.07, 6.45) is 9.27. The van der Waals surface area contributed by atoms with Crippen molar-refractivity contribution >= 4 is 148 Å². The Morgan fingerprint density at radius 3 is 1.72 bits per heavy atom. The predicted molar refractivity (Wildman–Crippen MR) is 333 cm³/mol. The SMILES string of the molecule is C1=CC(c2cc3c4ccccc4c4nc5ccccc5nc4c3c(-c3cccc4c5ccccc5c5nc6ccccc6cc5c34)c2-c2cccc3c4ccccc4c4[nH]c5ccccc5c4c23)=C2c3ccccc3C=CN2C1. The fourth-order valence-corrected chi connectivity index (χ4v) is 14.0. The van der Waals surface area contributed by atoms with Gasteiger partial charge in [0.25, 0.3) is 0 Å². The maximum absolute atomic E-state index is 5.81. The Bertz CT molecular complexity index is 5540. The second-order valence-corrected chi connectivity index (χ2v) is 21.3. The first-order valence-electron chi connectivity index (χ1n) is 27.2. The molecule has 2 aliphatic heterocycles. The number of hydrogen-bond donors (Lipinski definition) is 1. The molecule has 3 aromatic heterocycles. The van der Waals surface area contributed by atoms with Crippen LogP contribution >= 0.6 is 0 Å². The fraction of sp³-hybridized carbons (Fsp3) is 0.0135. The van der Waals surface area contributed by atoms with E-state index in [0.29, 0.717) is 0 Å². The molecule has 0 saturated heterocycles. The second-order valence-electron chi connectivity index (χ2n) is 21.3. The fourth-order valence-electron chi connectivity index (χ4n) is 14.0. The van der Waals surface area contributed by atoms with Crippen molar-refractivity contribution in [2.75, 3.05) is 6.54 Å². The summed E-state index contributed by atoms with van der Waals surface area (Å²) in [6, 6.07) is 80.1. The van der Waals surface area contributed by atoms with Crippen LogP contribution in [0.5, 0.6) is 0 Å². The highest BCUT2D eigenvalue weighted by Gasteiger charge is 2.31. The van der Waals surface area contributed by atoms with Crippen molar-refractivity contribution < 1.29 is 0 Å². The van der Waals surface area contributed by atoms with Gasteiger partial charge in [0.1, 0.15) is 0 Å². The molecule has 0 radical (unpaired) electrons. The third kappa shape index (κ3) is 5.90. The lowest BCUT2D eigenvalue weighted by atomic mass is 9.77. The van der Waals surface area contributed by atoms with Crippen molar-refractivity contribution in [1.82, 2.24) is 24.8 Å². The van der Waals surface area contributed by atoms with E-state index in [9.17, 15) is 0 Å². The molecule has 0 bridgehead atoms. The zero-order chi connectivity index (χ0) is 51.4. The van der Waals surface area contributed by atoms with E-state index in [1.54, 1.807) is 0 Å². The molecule has 18 rings (SSSR count). The molecule has 5 heterocycles. The minimum absolute atomic E-state index is 0.759. The molecule has 79 heavy (non-hydrogen) atoms. The Hall–Kier alpha value is -10.5. The van der Waals surface area contributed by atoms with Gasteiger partial charge in [0, 0.05) is 83.4 Å². The van der Waals surface area contributed by atoms with Gasteiger partial charge in [0.15, 0.2) is 0 Å². The maximum Gasteiger partial charge on any atom is 0.0986 e. The van der Waals surface area contributed by atoms with Crippen LogP contribution in [0, 0.1) is 0 Å². The summed E-state index contributed by atoms with van der Waals surface area (Å²) in [4.78, 5) is 23.4. The maximum atomic E-state index is 5.81. The lowest BCUT2D eigenvalue weighted by molar-refractivity contribution is 0.589. The number of H-pyrrole nitrogens is 1. The van der Waals surface area contributed by atoms with Crippen molar-refractivity contribution in [3.63, 3.8) is 0 Å². The number of nitrogens with zero attached hydrogens (tertiary/aromatic N) is 4. The van der Waals surface area contributed by atoms with Gasteiger partial charge in [-0.05, 0) is 108 Å². The van der Waals surface area contributed by atoms with E-state index < -0.39 is 0 Å². The highest BCUT2D eigenvalue weighted by atomic mass is 15.1. The van der Waals surface area contributed by atoms with Gasteiger partial charge >= 0.3 is 0 Å². The van der Waals surface area contributed by atoms with E-state index in [-0.39, 0.29) is 0 Å². The zero-order valence-corrected chi connectivity index (χ0v) is 42.6. The van der Waals surface area contributed by atoms with Crippen LogP contribution < -0.4 is 0 Å². The Labute approximate surface area is 452 Å². The third-order valence-electron chi connectivity index (χ3n) is 17.3. The van der Waals surface area contributed by atoms with Crippen LogP contribution in [-0.4, -0.2) is 31.4 Å². The zero-order valence-electron chi connectivity index (χ0n) is 42.6. The number of fused-ring (bicyclic) bond motifs is 25. The first-order chi connectivity index (χ1) is 39.2. The number of nitrogens with one attached hydrogen (secondary N) is 1. The minimum Gasteiger partial charge on any atom is -0.354 e. The van der Waals surface area contributed by atoms with Crippen molar-refractivity contribution in [1.29, 1.82) is 0 Å². The number of rotatable bonds is 3. The van der Waals surface area contributed by atoms with Gasteiger partial charge in [-0.15, -0.1) is 0 Å². The van der Waals surface area contributed by atoms with Crippen molar-refractivity contribution in [3.8, 4) is 22.3 Å². The van der Waals surface area contributed by atoms with E-state index in [2.05, 4.69) is 253 Å². The number of aromatic nitrogens is 4. The largest absolute Gasteiger partial charge is 0.354 e. The highest BCUT2D eigenvalue weighted by molar-refractivity contribution is 6.38. The van der Waals surface area contributed by atoms with Crippen LogP contribution in [-0.2, 0) is 0 Å². The van der Waals surface area contributed by atoms with Crippen molar-refractivity contribution in [2.24, 2.45) is 0 Å². The van der Waals surface area contributed by atoms with Crippen LogP contribution in [0.1, 0.15) is 16.7 Å². The summed E-state index contributed by atoms with van der Waals surface area (Å²) in [6.45, 7) is 0.759. The molecular weight excluding hydrogens is 959 g/mol. The Kier molecular flexibility index (Phi) is 8.66. The number of aromatic amines is 1. The summed E-state index contributed by atoms with van der Waals surface area (Å²) in [5, 5.41) is 18.4. The Morgan fingerprint density at radius 2 is 0.924 bits per heavy atom. The van der Waals surface area contributed by atoms with E-state index in [1.165, 1.54) is 54.5 Å². The van der Waals surface area contributed by atoms with E-state index in [0.717, 1.165) is 133 Å². The van der Waals surface area contributed by atoms with Crippen LogP contribution in [0.4, 0.5) is 0 Å². The normalized spacial score (nSPS) is 13.6. The van der Waals surface area contributed by atoms with E-state index >= 15 is 0 Å². The monoisotopic (exact) mass is 1000 g/mol. The average Bonchev–Trinajstić information content (AvgIpc) is 4.07. The summed E-state index contributed by atoms with van der Waals surface area (Å²) in [5.74, 6) is 0. The van der Waals surface area contributed by atoms with Crippen LogP contribution in [0.25, 0.3) is 170 Å². The number of allylic oxidation sites excluding steroid dienone is 2. The molecule has 5 heteroatoms. The lowest BCUT2D eigenvalue weighted by Crippen LogP contribution is -2.22. The Balaban J connectivity index is 1.17. The molecule has 0 fully saturated rings. The molecular formula is C74H43N5. The Morgan fingerprint density at radius 1 is 0.354 bits per heavy atom. The molecule has 13 aromatic carbocycles. The van der Waals surface area contributed by atoms with Gasteiger partial charge < -0.3 is 9.88 Å². The first-order valence-corrected chi connectivity index (χ1v) is 27.2. The van der Waals surface area contributed by atoms with Crippen molar-refractivity contribution in [2.45, 2.75) is 0 Å². The molecule has 0 spiro atoms. The molecule has 0 saturated carbocycles. The van der Waals surface area contributed by atoms with Gasteiger partial charge in [-0.25, -0.2) is 15.0 Å². The van der Waals surface area contributed by atoms with Crippen LogP contribution in [0.3, 0.4) is 0 Å². The molecule has 0 aliphatic carbocycles. The molecule has 0 atom stereocenters. The summed E-state index contributed by atoms with van der Waals surface area (Å²) in [5.41, 5.74) is 18.1. The van der Waals surface area contributed by atoms with Gasteiger partial charge in [-0.1, -0.05) is 194 Å². The van der Waals surface area contributed by atoms with Crippen molar-refractivity contribution in [3.05, 3.63) is 253 Å². The van der Waals surface area contributed by atoms with Gasteiger partial charge in [0.05, 0.1) is 44.3 Å². The molecule has 5 nitrogen and oxygen atoms in total. The second kappa shape index (κ2) is 16.0. The summed E-state index contributed by atoms with van der Waals surface area (Å²) in [7, 11) is 0. The minimum atomic E-state index is 0.759. The average molecular weight is 1000 g/mol. The highest BCUT2D eigenvalue weighted by Crippen LogP contribution is 2.55. The first kappa shape index (κ1) is 42.7. The molecule has 0 amide bonds. The molecule has 364 valence electrons. The van der Waals surface area contributed by atoms with Crippen LogP contribution in [0.15, 0.2) is 237 Å². The number of para-hydroxylation sites is 4. The number of hydrogen-bond acceptors (Lipinski definition) is 4. The van der Waals surface area contributed by atoms with E-state index in [1.807, 2.05) is 0 Å². The summed E-state index contributed by atoms with van der Waals surface area (Å²) >= 11 is 0. The standard InChI is InChI=1S/C74H43N5/c1-3-20-44-42(18-1)37-39-79-38-17-32-53(74(44)79)58-41-57-47-23-6-9-26-52(47)72-73(78-63-36-14-13-35-62(63)77-72)69(57)67(55-30-15-28-48-45-21-4-7-24-50(45)70-59(64(48)55)40-43-19-2-11-33-60(43)75-70)66(58)56-31-16-29-49-46-22-5-8-25-51(46)71-68(65(49)56)54-27-10-12-34-61(54)76-71/h1-37,39-41,76H,38H2.